The molecule has 0 unspecified atom stereocenters. The molecule has 4 rings (SSSR count). The van der Waals surface area contributed by atoms with Crippen molar-refractivity contribution in [2.24, 2.45) is 0 Å². The first-order valence-electron chi connectivity index (χ1n) is 9.13. The molecule has 2 aliphatic rings. The lowest BCUT2D eigenvalue weighted by Gasteiger charge is -2.35. The van der Waals surface area contributed by atoms with Gasteiger partial charge in [-0.25, -0.2) is 0 Å². The van der Waals surface area contributed by atoms with Gasteiger partial charge in [0.05, 0.1) is 4.58 Å². The summed E-state index contributed by atoms with van der Waals surface area (Å²) in [6.45, 7) is 1.78. The molecule has 5 nitrogen and oxygen atoms in total. The van der Waals surface area contributed by atoms with Crippen molar-refractivity contribution in [3.05, 3.63) is 47.1 Å². The number of thioether (sulfide) groups is 2. The topological polar surface area (TPSA) is 68.0 Å². The number of rotatable bonds is 4. The Morgan fingerprint density at radius 2 is 1.85 bits per heavy atom. The fourth-order valence-corrected chi connectivity index (χ4v) is 6.54. The SMILES string of the molecule is Cc1nc(C2(NC(=O)c3ccc(C4SCCS4)cc3)CCCCC2)no1. The number of nitrogens with one attached hydrogen (secondary N) is 1. The second-order valence-electron chi connectivity index (χ2n) is 6.93. The van der Waals surface area contributed by atoms with E-state index in [0.717, 1.165) is 25.7 Å². The van der Waals surface area contributed by atoms with Crippen LogP contribution >= 0.6 is 23.5 Å². The summed E-state index contributed by atoms with van der Waals surface area (Å²) < 4.78 is 5.68. The van der Waals surface area contributed by atoms with Crippen LogP contribution in [0, 0.1) is 6.92 Å². The lowest BCUT2D eigenvalue weighted by atomic mass is 9.80. The van der Waals surface area contributed by atoms with Gasteiger partial charge in [-0.15, -0.1) is 23.5 Å². The highest BCUT2D eigenvalue weighted by atomic mass is 32.2. The highest BCUT2D eigenvalue weighted by molar-refractivity contribution is 8.19. The lowest BCUT2D eigenvalue weighted by Crippen LogP contribution is -2.48. The number of carbonyl (C=O) groups is 1. The molecular formula is C19H23N3O2S2. The van der Waals surface area contributed by atoms with E-state index in [4.69, 9.17) is 4.52 Å². The summed E-state index contributed by atoms with van der Waals surface area (Å²) in [5, 5.41) is 7.35. The van der Waals surface area contributed by atoms with Crippen molar-refractivity contribution in [2.75, 3.05) is 11.5 Å². The van der Waals surface area contributed by atoms with Gasteiger partial charge in [0.2, 0.25) is 5.89 Å². The molecule has 2 aromatic rings. The van der Waals surface area contributed by atoms with Crippen LogP contribution in [0.3, 0.4) is 0 Å². The monoisotopic (exact) mass is 389 g/mol. The van der Waals surface area contributed by atoms with Gasteiger partial charge in [0.1, 0.15) is 5.54 Å². The van der Waals surface area contributed by atoms with Crippen LogP contribution in [0.25, 0.3) is 0 Å². The molecule has 7 heteroatoms. The maximum Gasteiger partial charge on any atom is 0.252 e. The van der Waals surface area contributed by atoms with E-state index in [1.165, 1.54) is 23.5 Å². The molecule has 2 fully saturated rings. The van der Waals surface area contributed by atoms with Crippen LogP contribution in [0.15, 0.2) is 28.8 Å². The van der Waals surface area contributed by atoms with Gasteiger partial charge in [-0.1, -0.05) is 36.6 Å². The Hall–Kier alpha value is -1.47. The predicted octanol–water partition coefficient (Wildman–Crippen LogP) is 4.45. The van der Waals surface area contributed by atoms with Crippen LogP contribution in [0.1, 0.15) is 64.3 Å². The zero-order valence-electron chi connectivity index (χ0n) is 14.9. The number of aromatic nitrogens is 2. The smallest absolute Gasteiger partial charge is 0.252 e. The van der Waals surface area contributed by atoms with Gasteiger partial charge in [-0.3, -0.25) is 4.79 Å². The highest BCUT2D eigenvalue weighted by Gasteiger charge is 2.39. The van der Waals surface area contributed by atoms with E-state index in [1.54, 1.807) is 6.92 Å². The quantitative estimate of drug-likeness (QED) is 0.833. The predicted molar refractivity (Wildman–Crippen MR) is 105 cm³/mol. The Balaban J connectivity index is 1.53. The fraction of sp³-hybridized carbons (Fsp3) is 0.526. The zero-order valence-corrected chi connectivity index (χ0v) is 16.5. The van der Waals surface area contributed by atoms with Crippen molar-refractivity contribution in [2.45, 2.75) is 49.1 Å². The second kappa shape index (κ2) is 7.64. The lowest BCUT2D eigenvalue weighted by molar-refractivity contribution is 0.0855. The molecule has 0 atom stereocenters. The minimum atomic E-state index is -0.511. The van der Waals surface area contributed by atoms with E-state index in [2.05, 4.69) is 27.6 Å². The number of hydrogen-bond donors (Lipinski definition) is 1. The summed E-state index contributed by atoms with van der Waals surface area (Å²) in [5.41, 5.74) is 1.46. The number of carbonyl (C=O) groups excluding carboxylic acids is 1. The summed E-state index contributed by atoms with van der Waals surface area (Å²) in [6.07, 6.45) is 5.00. The Bertz CT molecular complexity index is 763. The van der Waals surface area contributed by atoms with Crippen molar-refractivity contribution in [3.8, 4) is 0 Å². The molecule has 1 saturated heterocycles. The van der Waals surface area contributed by atoms with E-state index >= 15 is 0 Å². The molecule has 0 spiro atoms. The Labute approximate surface area is 162 Å². The Morgan fingerprint density at radius 3 is 2.46 bits per heavy atom. The van der Waals surface area contributed by atoms with E-state index in [0.29, 0.717) is 21.9 Å². The molecule has 138 valence electrons. The molecule has 26 heavy (non-hydrogen) atoms. The standard InChI is InChI=1S/C19H23N3O2S2/c1-13-20-18(22-24-13)19(9-3-2-4-10-19)21-16(23)14-5-7-15(8-6-14)17-25-11-12-26-17/h5-8,17H,2-4,9-12H2,1H3,(H,21,23). The van der Waals surface area contributed by atoms with Gasteiger partial charge in [-0.05, 0) is 30.5 Å². The summed E-state index contributed by atoms with van der Waals surface area (Å²) in [5.74, 6) is 3.48. The Morgan fingerprint density at radius 1 is 1.15 bits per heavy atom. The molecule has 1 aliphatic carbocycles. The number of nitrogens with zero attached hydrogens (tertiary/aromatic N) is 2. The van der Waals surface area contributed by atoms with E-state index in [9.17, 15) is 4.79 Å². The molecule has 1 saturated carbocycles. The third kappa shape index (κ3) is 3.64. The summed E-state index contributed by atoms with van der Waals surface area (Å²) in [4.78, 5) is 17.3. The summed E-state index contributed by atoms with van der Waals surface area (Å²) in [6, 6.07) is 8.03. The van der Waals surface area contributed by atoms with Gasteiger partial charge in [0.15, 0.2) is 5.82 Å². The van der Waals surface area contributed by atoms with Crippen LogP contribution in [0.2, 0.25) is 0 Å². The number of hydrogen-bond acceptors (Lipinski definition) is 6. The van der Waals surface area contributed by atoms with Gasteiger partial charge >= 0.3 is 0 Å². The molecule has 0 bridgehead atoms. The average molecular weight is 390 g/mol. The molecule has 1 amide bonds. The van der Waals surface area contributed by atoms with Crippen LogP contribution in [-0.4, -0.2) is 27.6 Å². The first kappa shape index (κ1) is 17.9. The molecular weight excluding hydrogens is 366 g/mol. The average Bonchev–Trinajstić information content (AvgIpc) is 3.35. The van der Waals surface area contributed by atoms with E-state index in [-0.39, 0.29) is 5.91 Å². The molecule has 2 heterocycles. The number of aryl methyl sites for hydroxylation is 1. The molecule has 0 radical (unpaired) electrons. The van der Waals surface area contributed by atoms with Gasteiger partial charge in [0, 0.05) is 24.0 Å². The third-order valence-corrected chi connectivity index (χ3v) is 8.19. The van der Waals surface area contributed by atoms with Gasteiger partial charge in [-0.2, -0.15) is 4.98 Å². The van der Waals surface area contributed by atoms with Crippen LogP contribution in [0.4, 0.5) is 0 Å². The highest BCUT2D eigenvalue weighted by Crippen LogP contribution is 2.45. The zero-order chi connectivity index (χ0) is 18.0. The van der Waals surface area contributed by atoms with Crippen molar-refractivity contribution in [3.63, 3.8) is 0 Å². The van der Waals surface area contributed by atoms with Gasteiger partial charge in [0.25, 0.3) is 5.91 Å². The largest absolute Gasteiger partial charge is 0.340 e. The third-order valence-electron chi connectivity index (χ3n) is 5.08. The minimum Gasteiger partial charge on any atom is -0.340 e. The maximum atomic E-state index is 12.9. The first-order chi connectivity index (χ1) is 12.7. The summed E-state index contributed by atoms with van der Waals surface area (Å²) >= 11 is 3.95. The van der Waals surface area contributed by atoms with Crippen molar-refractivity contribution < 1.29 is 9.32 Å². The van der Waals surface area contributed by atoms with Crippen molar-refractivity contribution >= 4 is 29.4 Å². The minimum absolute atomic E-state index is 0.0624. The van der Waals surface area contributed by atoms with Crippen LogP contribution in [0.5, 0.6) is 0 Å². The van der Waals surface area contributed by atoms with Crippen molar-refractivity contribution in [1.82, 2.24) is 15.5 Å². The summed E-state index contributed by atoms with van der Waals surface area (Å²) in [7, 11) is 0. The van der Waals surface area contributed by atoms with Gasteiger partial charge < -0.3 is 9.84 Å². The molecule has 1 aromatic carbocycles. The normalized spacial score (nSPS) is 20.2. The number of amides is 1. The van der Waals surface area contributed by atoms with Crippen LogP contribution < -0.4 is 5.32 Å². The first-order valence-corrected chi connectivity index (χ1v) is 11.2. The van der Waals surface area contributed by atoms with Crippen molar-refractivity contribution in [1.29, 1.82) is 0 Å². The Kier molecular flexibility index (Phi) is 5.27. The molecule has 1 aliphatic heterocycles. The fourth-order valence-electron chi connectivity index (χ4n) is 3.69. The molecule has 1 N–H and O–H groups in total. The van der Waals surface area contributed by atoms with Crippen LogP contribution in [-0.2, 0) is 5.54 Å². The maximum absolute atomic E-state index is 12.9. The number of benzene rings is 1. The second-order valence-corrected chi connectivity index (χ2v) is 9.65. The van der Waals surface area contributed by atoms with E-state index < -0.39 is 5.54 Å². The molecule has 1 aromatic heterocycles. The van der Waals surface area contributed by atoms with E-state index in [1.807, 2.05) is 35.7 Å².